The largest absolute Gasteiger partial charge is 0.354 e. The highest BCUT2D eigenvalue weighted by Gasteiger charge is 2.12. The minimum absolute atomic E-state index is 0.00424. The van der Waals surface area contributed by atoms with Crippen molar-refractivity contribution in [2.45, 2.75) is 38.6 Å². The lowest BCUT2D eigenvalue weighted by molar-refractivity contribution is -0.121. The lowest BCUT2D eigenvalue weighted by Crippen LogP contribution is -2.33. The topological polar surface area (TPSA) is 68.0 Å². The smallest absolute Gasteiger partial charge is 0.227 e. The minimum Gasteiger partial charge on any atom is -0.354 e. The van der Waals surface area contributed by atoms with Gasteiger partial charge in [-0.15, -0.1) is 0 Å². The number of hydrogen-bond acceptors (Lipinski definition) is 4. The molecule has 1 aromatic heterocycles. The van der Waals surface area contributed by atoms with Gasteiger partial charge in [0, 0.05) is 28.0 Å². The summed E-state index contributed by atoms with van der Waals surface area (Å²) in [6.45, 7) is 2.03. The molecule has 140 valence electrons. The van der Waals surface area contributed by atoms with Gasteiger partial charge in [0.1, 0.15) is 0 Å². The average molecular weight is 475 g/mol. The molecule has 3 aromatic rings. The maximum absolute atomic E-state index is 12.2. The molecule has 1 heterocycles. The Labute approximate surface area is 172 Å². The van der Waals surface area contributed by atoms with Crippen LogP contribution in [0, 0.1) is 3.57 Å². The van der Waals surface area contributed by atoms with Crippen LogP contribution in [0.4, 0.5) is 0 Å². The first-order chi connectivity index (χ1) is 13.1. The molecule has 0 saturated carbocycles. The van der Waals surface area contributed by atoms with Gasteiger partial charge in [-0.3, -0.25) is 4.79 Å². The molecule has 1 amide bonds. The lowest BCUT2D eigenvalue weighted by Gasteiger charge is -2.13. The predicted molar refractivity (Wildman–Crippen MR) is 113 cm³/mol. The Morgan fingerprint density at radius 2 is 1.85 bits per heavy atom. The van der Waals surface area contributed by atoms with Gasteiger partial charge in [0.25, 0.3) is 0 Å². The van der Waals surface area contributed by atoms with Gasteiger partial charge >= 0.3 is 0 Å². The fourth-order valence-corrected chi connectivity index (χ4v) is 3.10. The van der Waals surface area contributed by atoms with Crippen molar-refractivity contribution in [2.24, 2.45) is 0 Å². The third-order valence-electron chi connectivity index (χ3n) is 4.25. The van der Waals surface area contributed by atoms with Crippen LogP contribution in [0.25, 0.3) is 11.4 Å². The van der Waals surface area contributed by atoms with Gasteiger partial charge in [0.2, 0.25) is 17.6 Å². The second-order valence-electron chi connectivity index (χ2n) is 6.51. The van der Waals surface area contributed by atoms with E-state index in [2.05, 4.69) is 50.2 Å². The molecule has 0 aliphatic rings. The van der Waals surface area contributed by atoms with Gasteiger partial charge in [0.05, 0.1) is 0 Å². The molecular formula is C21H22IN3O2. The van der Waals surface area contributed by atoms with E-state index in [-0.39, 0.29) is 11.9 Å². The fourth-order valence-electron chi connectivity index (χ4n) is 2.74. The number of nitrogens with one attached hydrogen (secondary N) is 1. The Morgan fingerprint density at radius 3 is 2.59 bits per heavy atom. The first-order valence-electron chi connectivity index (χ1n) is 9.02. The molecule has 1 atom stereocenters. The summed E-state index contributed by atoms with van der Waals surface area (Å²) in [5.41, 5.74) is 2.19. The van der Waals surface area contributed by atoms with Crippen LogP contribution in [0.15, 0.2) is 59.1 Å². The van der Waals surface area contributed by atoms with Crippen LogP contribution in [0.5, 0.6) is 0 Å². The highest BCUT2D eigenvalue weighted by Crippen LogP contribution is 2.17. The number of benzene rings is 2. The third kappa shape index (κ3) is 6.16. The maximum atomic E-state index is 12.2. The van der Waals surface area contributed by atoms with Crippen LogP contribution < -0.4 is 5.32 Å². The van der Waals surface area contributed by atoms with Crippen LogP contribution in [0.3, 0.4) is 0 Å². The van der Waals surface area contributed by atoms with E-state index in [0.717, 1.165) is 22.0 Å². The normalized spacial score (nSPS) is 11.9. The second kappa shape index (κ2) is 9.64. The van der Waals surface area contributed by atoms with Crippen molar-refractivity contribution < 1.29 is 9.32 Å². The van der Waals surface area contributed by atoms with Gasteiger partial charge < -0.3 is 9.84 Å². The van der Waals surface area contributed by atoms with Crippen LogP contribution in [0.1, 0.15) is 31.2 Å². The number of aryl methyl sites for hydroxylation is 2. The number of aromatic nitrogens is 2. The first kappa shape index (κ1) is 19.5. The minimum atomic E-state index is 0.00424. The molecule has 0 fully saturated rings. The van der Waals surface area contributed by atoms with Gasteiger partial charge in [-0.2, -0.15) is 4.98 Å². The first-order valence-corrected chi connectivity index (χ1v) is 10.1. The van der Waals surface area contributed by atoms with E-state index >= 15 is 0 Å². The molecule has 0 saturated heterocycles. The molecule has 0 bridgehead atoms. The molecule has 0 radical (unpaired) electrons. The maximum Gasteiger partial charge on any atom is 0.227 e. The molecule has 0 unspecified atom stereocenters. The number of carbonyl (C=O) groups excluding carboxylic acids is 1. The van der Waals surface area contributed by atoms with E-state index in [1.54, 1.807) is 0 Å². The monoisotopic (exact) mass is 475 g/mol. The molecule has 0 aliphatic carbocycles. The second-order valence-corrected chi connectivity index (χ2v) is 7.76. The summed E-state index contributed by atoms with van der Waals surface area (Å²) >= 11 is 2.25. The van der Waals surface area contributed by atoms with Crippen LogP contribution in [0.2, 0.25) is 0 Å². The fraction of sp³-hybridized carbons (Fsp3) is 0.286. The molecular weight excluding hydrogens is 453 g/mol. The number of nitrogens with zero attached hydrogens (tertiary/aromatic N) is 2. The van der Waals surface area contributed by atoms with E-state index in [0.29, 0.717) is 24.6 Å². The zero-order valence-corrected chi connectivity index (χ0v) is 17.3. The SMILES string of the molecule is C[C@@H](CCc1ccccc1)NC(=O)CCc1nc(-c2ccc(I)cc2)no1. The summed E-state index contributed by atoms with van der Waals surface area (Å²) in [5.74, 6) is 1.04. The van der Waals surface area contributed by atoms with Crippen molar-refractivity contribution >= 4 is 28.5 Å². The summed E-state index contributed by atoms with van der Waals surface area (Å²) in [4.78, 5) is 16.5. The number of amides is 1. The van der Waals surface area contributed by atoms with Crippen molar-refractivity contribution in [3.05, 3.63) is 69.6 Å². The zero-order valence-electron chi connectivity index (χ0n) is 15.2. The Balaban J connectivity index is 1.43. The van der Waals surface area contributed by atoms with E-state index < -0.39 is 0 Å². The number of carbonyl (C=O) groups is 1. The van der Waals surface area contributed by atoms with Gasteiger partial charge in [0.15, 0.2) is 0 Å². The summed E-state index contributed by atoms with van der Waals surface area (Å²) in [5, 5.41) is 7.03. The molecule has 1 N–H and O–H groups in total. The van der Waals surface area contributed by atoms with Gasteiger partial charge in [-0.05, 0) is 60.1 Å². The molecule has 27 heavy (non-hydrogen) atoms. The van der Waals surface area contributed by atoms with Crippen molar-refractivity contribution in [1.82, 2.24) is 15.5 Å². The molecule has 3 rings (SSSR count). The van der Waals surface area contributed by atoms with Crippen LogP contribution in [-0.2, 0) is 17.6 Å². The Morgan fingerprint density at radius 1 is 1.11 bits per heavy atom. The number of hydrogen-bond donors (Lipinski definition) is 1. The van der Waals surface area contributed by atoms with Crippen molar-refractivity contribution in [3.63, 3.8) is 0 Å². The summed E-state index contributed by atoms with van der Waals surface area (Å²) in [6.07, 6.45) is 2.64. The van der Waals surface area contributed by atoms with Crippen LogP contribution in [-0.4, -0.2) is 22.1 Å². The quantitative estimate of drug-likeness (QED) is 0.491. The van der Waals surface area contributed by atoms with E-state index in [4.69, 9.17) is 4.52 Å². The number of rotatable bonds is 8. The lowest BCUT2D eigenvalue weighted by atomic mass is 10.1. The van der Waals surface area contributed by atoms with Crippen molar-refractivity contribution in [2.75, 3.05) is 0 Å². The Bertz CT molecular complexity index is 863. The third-order valence-corrected chi connectivity index (χ3v) is 4.97. The van der Waals surface area contributed by atoms with E-state index in [1.807, 2.05) is 49.4 Å². The molecule has 2 aromatic carbocycles. The van der Waals surface area contributed by atoms with E-state index in [1.165, 1.54) is 5.56 Å². The summed E-state index contributed by atoms with van der Waals surface area (Å²) < 4.78 is 6.42. The standard InChI is InChI=1S/C21H22IN3O2/c1-15(7-8-16-5-3-2-4-6-16)23-19(26)13-14-20-24-21(25-27-20)17-9-11-18(22)12-10-17/h2-6,9-12,15H,7-8,13-14H2,1H3,(H,23,26)/t15-/m0/s1. The summed E-state index contributed by atoms with van der Waals surface area (Å²) in [6, 6.07) is 18.3. The van der Waals surface area contributed by atoms with E-state index in [9.17, 15) is 4.79 Å². The molecule has 5 nitrogen and oxygen atoms in total. The predicted octanol–water partition coefficient (Wildman–Crippen LogP) is 4.41. The van der Waals surface area contributed by atoms with Gasteiger partial charge in [-0.25, -0.2) is 0 Å². The average Bonchev–Trinajstić information content (AvgIpc) is 3.15. The summed E-state index contributed by atoms with van der Waals surface area (Å²) in [7, 11) is 0. The van der Waals surface area contributed by atoms with Crippen LogP contribution >= 0.6 is 22.6 Å². The van der Waals surface area contributed by atoms with Crippen molar-refractivity contribution in [1.29, 1.82) is 0 Å². The molecule has 6 heteroatoms. The zero-order chi connectivity index (χ0) is 19.1. The molecule has 0 spiro atoms. The number of halogens is 1. The highest BCUT2D eigenvalue weighted by molar-refractivity contribution is 14.1. The van der Waals surface area contributed by atoms with Gasteiger partial charge in [-0.1, -0.05) is 47.6 Å². The molecule has 0 aliphatic heterocycles. The highest BCUT2D eigenvalue weighted by atomic mass is 127. The Kier molecular flexibility index (Phi) is 6.98. The van der Waals surface area contributed by atoms with Crippen molar-refractivity contribution in [3.8, 4) is 11.4 Å². The Hall–Kier alpha value is -2.22.